The van der Waals surface area contributed by atoms with Crippen molar-refractivity contribution in [1.82, 2.24) is 18.9 Å². The standard InChI is InChI=1S/C21H22N4OS2/c1-3-9-25-20(26)17-15-7-4-8-16(15)28-19(17)23-21(25)27-12-14-11-24-10-5-6-13(2)18(24)22-14/h5-6,10-11H,3-4,7-9,12H2,1-2H3. The molecular weight excluding hydrogens is 388 g/mol. The van der Waals surface area contributed by atoms with E-state index >= 15 is 0 Å². The molecule has 0 saturated carbocycles. The Morgan fingerprint density at radius 3 is 3.00 bits per heavy atom. The molecule has 0 N–H and O–H groups in total. The Labute approximate surface area is 171 Å². The number of thiophene rings is 1. The second-order valence-corrected chi connectivity index (χ2v) is 9.36. The molecule has 0 spiro atoms. The molecule has 1 aliphatic rings. The molecule has 4 heterocycles. The van der Waals surface area contributed by atoms with Crippen LogP contribution in [0, 0.1) is 6.92 Å². The monoisotopic (exact) mass is 410 g/mol. The number of hydrogen-bond acceptors (Lipinski definition) is 5. The summed E-state index contributed by atoms with van der Waals surface area (Å²) in [7, 11) is 0. The van der Waals surface area contributed by atoms with Crippen LogP contribution in [0.2, 0.25) is 0 Å². The number of pyridine rings is 1. The quantitative estimate of drug-likeness (QED) is 0.356. The lowest BCUT2D eigenvalue weighted by Gasteiger charge is -2.10. The predicted molar refractivity (Wildman–Crippen MR) is 116 cm³/mol. The van der Waals surface area contributed by atoms with Gasteiger partial charge in [0.15, 0.2) is 5.16 Å². The number of fused-ring (bicyclic) bond motifs is 4. The zero-order valence-electron chi connectivity index (χ0n) is 16.1. The van der Waals surface area contributed by atoms with Crippen molar-refractivity contribution in [2.24, 2.45) is 0 Å². The normalized spacial score (nSPS) is 13.6. The molecule has 0 amide bonds. The lowest BCUT2D eigenvalue weighted by molar-refractivity contribution is 0.585. The third-order valence-corrected chi connectivity index (χ3v) is 7.51. The van der Waals surface area contributed by atoms with E-state index in [0.29, 0.717) is 12.3 Å². The number of thioether (sulfide) groups is 1. The fraction of sp³-hybridized carbons (Fsp3) is 0.381. The van der Waals surface area contributed by atoms with Crippen molar-refractivity contribution in [3.63, 3.8) is 0 Å². The lowest BCUT2D eigenvalue weighted by atomic mass is 10.2. The first-order valence-corrected chi connectivity index (χ1v) is 11.6. The van der Waals surface area contributed by atoms with Crippen LogP contribution in [0.3, 0.4) is 0 Å². The maximum Gasteiger partial charge on any atom is 0.263 e. The summed E-state index contributed by atoms with van der Waals surface area (Å²) in [6, 6.07) is 4.11. The molecule has 144 valence electrons. The molecule has 4 aromatic rings. The highest BCUT2D eigenvalue weighted by atomic mass is 32.2. The van der Waals surface area contributed by atoms with Crippen LogP contribution in [-0.2, 0) is 25.1 Å². The number of hydrogen-bond donors (Lipinski definition) is 0. The molecular formula is C21H22N4OS2. The minimum atomic E-state index is 0.139. The largest absolute Gasteiger partial charge is 0.307 e. The third-order valence-electron chi connectivity index (χ3n) is 5.31. The van der Waals surface area contributed by atoms with E-state index in [-0.39, 0.29) is 5.56 Å². The van der Waals surface area contributed by atoms with Crippen molar-refractivity contribution in [3.05, 3.63) is 56.6 Å². The molecule has 0 bridgehead atoms. The molecule has 7 heteroatoms. The Morgan fingerprint density at radius 2 is 2.18 bits per heavy atom. The van der Waals surface area contributed by atoms with Crippen molar-refractivity contribution < 1.29 is 0 Å². The van der Waals surface area contributed by atoms with Gasteiger partial charge in [-0.25, -0.2) is 9.97 Å². The van der Waals surface area contributed by atoms with Crippen LogP contribution in [0.5, 0.6) is 0 Å². The molecule has 0 atom stereocenters. The minimum Gasteiger partial charge on any atom is -0.307 e. The highest BCUT2D eigenvalue weighted by molar-refractivity contribution is 7.98. The number of aromatic nitrogens is 4. The van der Waals surface area contributed by atoms with Gasteiger partial charge in [0.1, 0.15) is 10.5 Å². The summed E-state index contributed by atoms with van der Waals surface area (Å²) in [6.45, 7) is 4.89. The SMILES string of the molecule is CCCn1c(SCc2cn3cccc(C)c3n2)nc2sc3c(c2c1=O)CCC3. The fourth-order valence-corrected chi connectivity index (χ4v) is 6.21. The first-order valence-electron chi connectivity index (χ1n) is 9.76. The number of rotatable bonds is 5. The highest BCUT2D eigenvalue weighted by Gasteiger charge is 2.23. The summed E-state index contributed by atoms with van der Waals surface area (Å²) in [5, 5.41) is 1.69. The first kappa shape index (κ1) is 17.9. The van der Waals surface area contributed by atoms with E-state index in [1.165, 1.54) is 10.4 Å². The average Bonchev–Trinajstić information content (AvgIpc) is 3.36. The van der Waals surface area contributed by atoms with Crippen molar-refractivity contribution >= 4 is 39.0 Å². The maximum atomic E-state index is 13.3. The third kappa shape index (κ3) is 2.88. The molecule has 1 aliphatic carbocycles. The molecule has 0 unspecified atom stereocenters. The van der Waals surface area contributed by atoms with Crippen molar-refractivity contribution in [1.29, 1.82) is 0 Å². The summed E-state index contributed by atoms with van der Waals surface area (Å²) >= 11 is 3.33. The molecule has 0 saturated heterocycles. The molecule has 0 aliphatic heterocycles. The van der Waals surface area contributed by atoms with E-state index in [1.54, 1.807) is 23.1 Å². The lowest BCUT2D eigenvalue weighted by Crippen LogP contribution is -2.23. The van der Waals surface area contributed by atoms with Crippen LogP contribution >= 0.6 is 23.1 Å². The van der Waals surface area contributed by atoms with Gasteiger partial charge in [-0.3, -0.25) is 9.36 Å². The van der Waals surface area contributed by atoms with Gasteiger partial charge < -0.3 is 4.40 Å². The van der Waals surface area contributed by atoms with Gasteiger partial charge in [-0.2, -0.15) is 0 Å². The summed E-state index contributed by atoms with van der Waals surface area (Å²) in [5.41, 5.74) is 4.55. The molecule has 5 rings (SSSR count). The van der Waals surface area contributed by atoms with Gasteiger partial charge in [0.25, 0.3) is 5.56 Å². The Balaban J connectivity index is 1.53. The molecule has 28 heavy (non-hydrogen) atoms. The van der Waals surface area contributed by atoms with Crippen LogP contribution in [0.15, 0.2) is 34.5 Å². The number of nitrogens with zero attached hydrogens (tertiary/aromatic N) is 4. The topological polar surface area (TPSA) is 52.2 Å². The minimum absolute atomic E-state index is 0.139. The Kier molecular flexibility index (Phi) is 4.51. The van der Waals surface area contributed by atoms with Gasteiger partial charge in [-0.05, 0) is 49.8 Å². The van der Waals surface area contributed by atoms with Gasteiger partial charge in [0.05, 0.1) is 11.1 Å². The van der Waals surface area contributed by atoms with Gasteiger partial charge in [0.2, 0.25) is 0 Å². The molecule has 4 aromatic heterocycles. The van der Waals surface area contributed by atoms with Crippen molar-refractivity contribution in [2.75, 3.05) is 0 Å². The van der Waals surface area contributed by atoms with Crippen LogP contribution in [0.4, 0.5) is 0 Å². The fourth-order valence-electron chi connectivity index (χ4n) is 4.00. The summed E-state index contributed by atoms with van der Waals surface area (Å²) in [4.78, 5) is 25.2. The maximum absolute atomic E-state index is 13.3. The van der Waals surface area contributed by atoms with E-state index < -0.39 is 0 Å². The Bertz CT molecular complexity index is 1250. The van der Waals surface area contributed by atoms with Crippen LogP contribution in [-0.4, -0.2) is 18.9 Å². The molecule has 5 nitrogen and oxygen atoms in total. The predicted octanol–water partition coefficient (Wildman–Crippen LogP) is 4.61. The summed E-state index contributed by atoms with van der Waals surface area (Å²) < 4.78 is 3.93. The second-order valence-electron chi connectivity index (χ2n) is 7.33. The van der Waals surface area contributed by atoms with Crippen LogP contribution in [0.1, 0.15) is 41.5 Å². The Hall–Kier alpha value is -2.12. The Morgan fingerprint density at radius 1 is 1.29 bits per heavy atom. The molecule has 0 fully saturated rings. The summed E-state index contributed by atoms with van der Waals surface area (Å²) in [5.74, 6) is 0.702. The van der Waals surface area contributed by atoms with E-state index in [2.05, 4.69) is 30.5 Å². The van der Waals surface area contributed by atoms with Crippen molar-refractivity contribution in [3.8, 4) is 0 Å². The van der Waals surface area contributed by atoms with Gasteiger partial charge >= 0.3 is 0 Å². The zero-order valence-corrected chi connectivity index (χ0v) is 17.7. The van der Waals surface area contributed by atoms with Gasteiger partial charge in [0, 0.05) is 29.6 Å². The first-order chi connectivity index (χ1) is 13.7. The van der Waals surface area contributed by atoms with E-state index in [0.717, 1.165) is 58.0 Å². The van der Waals surface area contributed by atoms with E-state index in [4.69, 9.17) is 9.97 Å². The molecule has 0 radical (unpaired) electrons. The average molecular weight is 411 g/mol. The highest BCUT2D eigenvalue weighted by Crippen LogP contribution is 2.36. The molecule has 0 aromatic carbocycles. The smallest absolute Gasteiger partial charge is 0.263 e. The van der Waals surface area contributed by atoms with Crippen LogP contribution < -0.4 is 5.56 Å². The van der Waals surface area contributed by atoms with Crippen molar-refractivity contribution in [2.45, 2.75) is 57.0 Å². The van der Waals surface area contributed by atoms with Gasteiger partial charge in [-0.15, -0.1) is 11.3 Å². The van der Waals surface area contributed by atoms with Crippen LogP contribution in [0.25, 0.3) is 15.9 Å². The number of aryl methyl sites for hydroxylation is 3. The van der Waals surface area contributed by atoms with Gasteiger partial charge in [-0.1, -0.05) is 24.8 Å². The summed E-state index contributed by atoms with van der Waals surface area (Å²) in [6.07, 6.45) is 8.27. The number of imidazole rings is 1. The second kappa shape index (κ2) is 7.04. The van der Waals surface area contributed by atoms with E-state index in [9.17, 15) is 4.79 Å². The van der Waals surface area contributed by atoms with E-state index in [1.807, 2.05) is 16.8 Å². The zero-order chi connectivity index (χ0) is 19.3.